The second kappa shape index (κ2) is 7.80. The minimum absolute atomic E-state index is 0.00241. The molecule has 1 unspecified atom stereocenters. The molecule has 0 radical (unpaired) electrons. The minimum Gasteiger partial charge on any atom is -0.457 e. The Morgan fingerprint density at radius 3 is 2.38 bits per heavy atom. The van der Waals surface area contributed by atoms with E-state index in [4.69, 9.17) is 16.3 Å². The molecule has 3 heteroatoms. The SMILES string of the molecule is CC(N=Cc1cccc(Oc2ccccc2)c1)c1ccccc1Cl. The molecule has 0 N–H and O–H groups in total. The molecule has 0 amide bonds. The number of aliphatic imine (C=N–C) groups is 1. The predicted molar refractivity (Wildman–Crippen MR) is 100 cm³/mol. The third-order valence-electron chi connectivity index (χ3n) is 3.64. The Labute approximate surface area is 147 Å². The van der Waals surface area contributed by atoms with Crippen molar-refractivity contribution >= 4 is 17.8 Å². The average molecular weight is 336 g/mol. The van der Waals surface area contributed by atoms with Crippen LogP contribution < -0.4 is 4.74 Å². The molecule has 24 heavy (non-hydrogen) atoms. The quantitative estimate of drug-likeness (QED) is 0.500. The summed E-state index contributed by atoms with van der Waals surface area (Å²) in [6.07, 6.45) is 1.85. The second-order valence-corrected chi connectivity index (χ2v) is 5.87. The van der Waals surface area contributed by atoms with Gasteiger partial charge in [-0.05, 0) is 48.4 Å². The van der Waals surface area contributed by atoms with Crippen molar-refractivity contribution in [1.29, 1.82) is 0 Å². The van der Waals surface area contributed by atoms with E-state index in [0.29, 0.717) is 0 Å². The second-order valence-electron chi connectivity index (χ2n) is 5.46. The maximum Gasteiger partial charge on any atom is 0.128 e. The van der Waals surface area contributed by atoms with Crippen molar-refractivity contribution < 1.29 is 4.74 Å². The van der Waals surface area contributed by atoms with Crippen LogP contribution in [0, 0.1) is 0 Å². The monoisotopic (exact) mass is 335 g/mol. The number of halogens is 1. The third kappa shape index (κ3) is 4.24. The normalized spacial score (nSPS) is 12.2. The van der Waals surface area contributed by atoms with Crippen LogP contribution in [0.5, 0.6) is 11.5 Å². The molecular weight excluding hydrogens is 318 g/mol. The number of benzene rings is 3. The zero-order chi connectivity index (χ0) is 16.8. The van der Waals surface area contributed by atoms with Crippen molar-refractivity contribution in [3.63, 3.8) is 0 Å². The van der Waals surface area contributed by atoms with Crippen LogP contribution in [-0.2, 0) is 0 Å². The molecule has 3 rings (SSSR count). The van der Waals surface area contributed by atoms with Gasteiger partial charge in [0, 0.05) is 11.2 Å². The summed E-state index contributed by atoms with van der Waals surface area (Å²) in [5.74, 6) is 1.60. The predicted octanol–water partition coefficient (Wildman–Crippen LogP) is 6.31. The van der Waals surface area contributed by atoms with Gasteiger partial charge in [0.05, 0.1) is 6.04 Å². The van der Waals surface area contributed by atoms with Crippen molar-refractivity contribution in [3.8, 4) is 11.5 Å². The van der Waals surface area contributed by atoms with E-state index in [0.717, 1.165) is 27.6 Å². The summed E-state index contributed by atoms with van der Waals surface area (Å²) in [6, 6.07) is 25.4. The number of nitrogens with zero attached hydrogens (tertiary/aromatic N) is 1. The topological polar surface area (TPSA) is 21.6 Å². The fourth-order valence-corrected chi connectivity index (χ4v) is 2.67. The molecule has 0 bridgehead atoms. The smallest absolute Gasteiger partial charge is 0.128 e. The highest BCUT2D eigenvalue weighted by Gasteiger charge is 2.06. The first kappa shape index (κ1) is 16.3. The zero-order valence-corrected chi connectivity index (χ0v) is 14.1. The van der Waals surface area contributed by atoms with E-state index in [1.807, 2.05) is 92.0 Å². The van der Waals surface area contributed by atoms with Gasteiger partial charge in [0.1, 0.15) is 11.5 Å². The molecule has 0 saturated carbocycles. The number of rotatable bonds is 5. The average Bonchev–Trinajstić information content (AvgIpc) is 2.61. The van der Waals surface area contributed by atoms with Gasteiger partial charge in [0.2, 0.25) is 0 Å². The first-order valence-corrected chi connectivity index (χ1v) is 8.21. The number of hydrogen-bond acceptors (Lipinski definition) is 2. The Balaban J connectivity index is 1.73. The third-order valence-corrected chi connectivity index (χ3v) is 3.98. The van der Waals surface area contributed by atoms with Gasteiger partial charge in [0.25, 0.3) is 0 Å². The minimum atomic E-state index is -0.00241. The molecule has 0 aliphatic rings. The van der Waals surface area contributed by atoms with Gasteiger partial charge >= 0.3 is 0 Å². The maximum absolute atomic E-state index is 6.22. The van der Waals surface area contributed by atoms with Gasteiger partial charge < -0.3 is 4.74 Å². The van der Waals surface area contributed by atoms with Gasteiger partial charge in [-0.25, -0.2) is 0 Å². The summed E-state index contributed by atoms with van der Waals surface area (Å²) in [5, 5.41) is 0.739. The summed E-state index contributed by atoms with van der Waals surface area (Å²) in [5.41, 5.74) is 2.01. The van der Waals surface area contributed by atoms with Crippen LogP contribution in [0.2, 0.25) is 5.02 Å². The van der Waals surface area contributed by atoms with E-state index in [1.54, 1.807) is 0 Å². The van der Waals surface area contributed by atoms with Crippen LogP contribution in [0.1, 0.15) is 24.1 Å². The number of para-hydroxylation sites is 1. The lowest BCUT2D eigenvalue weighted by Crippen LogP contribution is -1.92. The summed E-state index contributed by atoms with van der Waals surface area (Å²) in [6.45, 7) is 2.03. The van der Waals surface area contributed by atoms with Gasteiger partial charge in [0.15, 0.2) is 0 Å². The van der Waals surface area contributed by atoms with E-state index < -0.39 is 0 Å². The van der Waals surface area contributed by atoms with Gasteiger partial charge in [-0.1, -0.05) is 60.1 Å². The van der Waals surface area contributed by atoms with Gasteiger partial charge in [-0.3, -0.25) is 4.99 Å². The Morgan fingerprint density at radius 2 is 1.58 bits per heavy atom. The standard InChI is InChI=1S/C21H18ClNO/c1-16(20-12-5-6-13-21(20)22)23-15-17-8-7-11-19(14-17)24-18-9-3-2-4-10-18/h2-16H,1H3. The van der Waals surface area contributed by atoms with Crippen LogP contribution in [0.15, 0.2) is 83.9 Å². The molecular formula is C21H18ClNO. The molecule has 0 fully saturated rings. The van der Waals surface area contributed by atoms with Crippen molar-refractivity contribution in [2.45, 2.75) is 13.0 Å². The maximum atomic E-state index is 6.22. The summed E-state index contributed by atoms with van der Waals surface area (Å²) >= 11 is 6.22. The lowest BCUT2D eigenvalue weighted by atomic mass is 10.1. The highest BCUT2D eigenvalue weighted by atomic mass is 35.5. The van der Waals surface area contributed by atoms with E-state index in [2.05, 4.69) is 4.99 Å². The van der Waals surface area contributed by atoms with Crippen LogP contribution in [0.3, 0.4) is 0 Å². The van der Waals surface area contributed by atoms with E-state index >= 15 is 0 Å². The molecule has 120 valence electrons. The highest BCUT2D eigenvalue weighted by Crippen LogP contribution is 2.25. The molecule has 1 atom stereocenters. The molecule has 3 aromatic carbocycles. The fourth-order valence-electron chi connectivity index (χ4n) is 2.38. The van der Waals surface area contributed by atoms with Gasteiger partial charge in [-0.15, -0.1) is 0 Å². The molecule has 0 aliphatic carbocycles. The molecule has 0 spiro atoms. The lowest BCUT2D eigenvalue weighted by molar-refractivity contribution is 0.482. The lowest BCUT2D eigenvalue weighted by Gasteiger charge is -2.09. The van der Waals surface area contributed by atoms with E-state index in [-0.39, 0.29) is 6.04 Å². The molecule has 0 aromatic heterocycles. The van der Waals surface area contributed by atoms with Crippen molar-refractivity contribution in [2.75, 3.05) is 0 Å². The largest absolute Gasteiger partial charge is 0.457 e. The summed E-state index contributed by atoms with van der Waals surface area (Å²) in [4.78, 5) is 4.61. The zero-order valence-electron chi connectivity index (χ0n) is 13.4. The first-order chi connectivity index (χ1) is 11.7. The molecule has 2 nitrogen and oxygen atoms in total. The first-order valence-electron chi connectivity index (χ1n) is 7.83. The highest BCUT2D eigenvalue weighted by molar-refractivity contribution is 6.31. The van der Waals surface area contributed by atoms with E-state index in [1.165, 1.54) is 0 Å². The molecule has 0 aliphatic heterocycles. The van der Waals surface area contributed by atoms with Crippen molar-refractivity contribution in [3.05, 3.63) is 95.0 Å². The molecule has 0 saturated heterocycles. The summed E-state index contributed by atoms with van der Waals surface area (Å²) < 4.78 is 5.85. The van der Waals surface area contributed by atoms with Crippen LogP contribution in [-0.4, -0.2) is 6.21 Å². The molecule has 0 heterocycles. The van der Waals surface area contributed by atoms with Crippen LogP contribution >= 0.6 is 11.6 Å². The van der Waals surface area contributed by atoms with E-state index in [9.17, 15) is 0 Å². The Bertz CT molecular complexity index is 830. The van der Waals surface area contributed by atoms with Crippen molar-refractivity contribution in [2.24, 2.45) is 4.99 Å². The number of ether oxygens (including phenoxy) is 1. The fraction of sp³-hybridized carbons (Fsp3) is 0.0952. The number of hydrogen-bond donors (Lipinski definition) is 0. The van der Waals surface area contributed by atoms with Gasteiger partial charge in [-0.2, -0.15) is 0 Å². The van der Waals surface area contributed by atoms with Crippen LogP contribution in [0.25, 0.3) is 0 Å². The summed E-state index contributed by atoms with van der Waals surface area (Å²) in [7, 11) is 0. The Kier molecular flexibility index (Phi) is 5.29. The molecule has 3 aromatic rings. The Hall–Kier alpha value is -2.58. The Morgan fingerprint density at radius 1 is 0.875 bits per heavy atom. The van der Waals surface area contributed by atoms with Crippen LogP contribution in [0.4, 0.5) is 0 Å². The van der Waals surface area contributed by atoms with Crippen molar-refractivity contribution in [1.82, 2.24) is 0 Å².